The van der Waals surface area contributed by atoms with Crippen LogP contribution in [0.25, 0.3) is 0 Å². The predicted octanol–water partition coefficient (Wildman–Crippen LogP) is -1.75. The molecular formula is C10H17NO7. The summed E-state index contributed by atoms with van der Waals surface area (Å²) in [4.78, 5) is 32.7. The summed E-state index contributed by atoms with van der Waals surface area (Å²) < 4.78 is 4.63. The van der Waals surface area contributed by atoms with Crippen molar-refractivity contribution in [2.75, 3.05) is 13.2 Å². The van der Waals surface area contributed by atoms with E-state index in [1.807, 2.05) is 0 Å². The van der Waals surface area contributed by atoms with Crippen molar-refractivity contribution in [1.82, 2.24) is 5.32 Å². The Bertz CT molecular complexity index is 305. The fraction of sp³-hybridized carbons (Fsp3) is 0.700. The molecule has 4 N–H and O–H groups in total. The van der Waals surface area contributed by atoms with Crippen LogP contribution in [0.3, 0.4) is 0 Å². The number of ether oxygens (including phenoxy) is 1. The second-order valence-electron chi connectivity index (χ2n) is 3.65. The van der Waals surface area contributed by atoms with E-state index in [0.717, 1.165) is 0 Å². The zero-order valence-electron chi connectivity index (χ0n) is 9.96. The van der Waals surface area contributed by atoms with Crippen LogP contribution >= 0.6 is 0 Å². The second kappa shape index (κ2) is 8.43. The van der Waals surface area contributed by atoms with Crippen LogP contribution in [0.15, 0.2) is 0 Å². The van der Waals surface area contributed by atoms with Crippen molar-refractivity contribution >= 4 is 17.8 Å². The molecule has 1 amide bonds. The molecule has 0 aliphatic rings. The first kappa shape index (κ1) is 16.3. The van der Waals surface area contributed by atoms with Gasteiger partial charge in [-0.2, -0.15) is 0 Å². The van der Waals surface area contributed by atoms with Gasteiger partial charge in [0, 0.05) is 13.3 Å². The van der Waals surface area contributed by atoms with Gasteiger partial charge >= 0.3 is 11.9 Å². The molecule has 0 heterocycles. The van der Waals surface area contributed by atoms with Gasteiger partial charge in [0.05, 0.1) is 6.61 Å². The maximum atomic E-state index is 11.5. The van der Waals surface area contributed by atoms with Gasteiger partial charge in [-0.05, 0) is 6.42 Å². The Labute approximate surface area is 104 Å². The maximum absolute atomic E-state index is 11.5. The summed E-state index contributed by atoms with van der Waals surface area (Å²) in [6, 6.07) is -1.08. The third-order valence-corrected chi connectivity index (χ3v) is 1.94. The molecule has 0 spiro atoms. The molecule has 0 saturated heterocycles. The van der Waals surface area contributed by atoms with Crippen molar-refractivity contribution < 1.29 is 34.4 Å². The van der Waals surface area contributed by atoms with Crippen LogP contribution in [0.2, 0.25) is 0 Å². The smallest absolute Gasteiger partial charge is 0.328 e. The molecule has 2 atom stereocenters. The van der Waals surface area contributed by atoms with Gasteiger partial charge in [-0.3, -0.25) is 9.59 Å². The van der Waals surface area contributed by atoms with E-state index in [0.29, 0.717) is 0 Å². The normalized spacial score (nSPS) is 13.5. The number of rotatable bonds is 8. The molecule has 8 heteroatoms. The first-order valence-electron chi connectivity index (χ1n) is 5.31. The third-order valence-electron chi connectivity index (χ3n) is 1.94. The molecule has 104 valence electrons. The summed E-state index contributed by atoms with van der Waals surface area (Å²) in [5, 5.41) is 28.3. The number of aliphatic carboxylic acids is 1. The Morgan fingerprint density at radius 3 is 2.39 bits per heavy atom. The highest BCUT2D eigenvalue weighted by molar-refractivity contribution is 5.83. The van der Waals surface area contributed by atoms with Crippen molar-refractivity contribution in [3.05, 3.63) is 0 Å². The van der Waals surface area contributed by atoms with E-state index in [-0.39, 0.29) is 12.8 Å². The lowest BCUT2D eigenvalue weighted by atomic mass is 10.1. The summed E-state index contributed by atoms with van der Waals surface area (Å²) >= 11 is 0. The number of nitrogens with one attached hydrogen (secondary N) is 1. The number of amides is 1. The zero-order valence-corrected chi connectivity index (χ0v) is 9.96. The molecule has 0 aromatic rings. The molecule has 0 aliphatic heterocycles. The monoisotopic (exact) mass is 263 g/mol. The number of hydrogen-bond acceptors (Lipinski definition) is 6. The first-order chi connectivity index (χ1) is 8.36. The fourth-order valence-corrected chi connectivity index (χ4v) is 1.09. The average Bonchev–Trinajstić information content (AvgIpc) is 2.30. The first-order valence-corrected chi connectivity index (χ1v) is 5.31. The van der Waals surface area contributed by atoms with Gasteiger partial charge in [-0.15, -0.1) is 0 Å². The van der Waals surface area contributed by atoms with Gasteiger partial charge in [-0.25, -0.2) is 4.79 Å². The van der Waals surface area contributed by atoms with Gasteiger partial charge in [0.2, 0.25) is 5.91 Å². The predicted molar refractivity (Wildman–Crippen MR) is 58.5 cm³/mol. The molecule has 18 heavy (non-hydrogen) atoms. The molecule has 0 rings (SSSR count). The Kier molecular flexibility index (Phi) is 7.64. The van der Waals surface area contributed by atoms with Crippen LogP contribution in [-0.2, 0) is 19.1 Å². The van der Waals surface area contributed by atoms with E-state index < -0.39 is 43.2 Å². The molecule has 0 aromatic carbocycles. The molecule has 0 bridgehead atoms. The summed E-state index contributed by atoms with van der Waals surface area (Å²) in [5.41, 5.74) is 0. The van der Waals surface area contributed by atoms with E-state index in [4.69, 9.17) is 15.3 Å². The van der Waals surface area contributed by atoms with Crippen molar-refractivity contribution in [2.45, 2.75) is 31.9 Å². The van der Waals surface area contributed by atoms with E-state index >= 15 is 0 Å². The summed E-state index contributed by atoms with van der Waals surface area (Å²) in [6.07, 6.45) is -1.61. The van der Waals surface area contributed by atoms with Crippen LogP contribution in [0.4, 0.5) is 0 Å². The van der Waals surface area contributed by atoms with Gasteiger partial charge in [-0.1, -0.05) is 0 Å². The molecule has 0 aliphatic carbocycles. The third kappa shape index (κ3) is 7.58. The lowest BCUT2D eigenvalue weighted by Crippen LogP contribution is -2.42. The largest absolute Gasteiger partial charge is 0.481 e. The minimum Gasteiger partial charge on any atom is -0.481 e. The average molecular weight is 263 g/mol. The summed E-state index contributed by atoms with van der Waals surface area (Å²) in [7, 11) is 0. The van der Waals surface area contributed by atoms with Crippen LogP contribution < -0.4 is 5.32 Å². The van der Waals surface area contributed by atoms with Gasteiger partial charge in [0.15, 0.2) is 0 Å². The zero-order chi connectivity index (χ0) is 14.1. The molecular weight excluding hydrogens is 246 g/mol. The minimum absolute atomic E-state index is 0.108. The van der Waals surface area contributed by atoms with E-state index in [1.54, 1.807) is 0 Å². The molecule has 0 aromatic heterocycles. The Morgan fingerprint density at radius 2 is 1.94 bits per heavy atom. The Balaban J connectivity index is 4.30. The topological polar surface area (TPSA) is 133 Å². The lowest BCUT2D eigenvalue weighted by Gasteiger charge is -2.17. The van der Waals surface area contributed by atoms with Gasteiger partial charge < -0.3 is 25.4 Å². The summed E-state index contributed by atoms with van der Waals surface area (Å²) in [5.74, 6) is -2.45. The second-order valence-corrected chi connectivity index (χ2v) is 3.65. The maximum Gasteiger partial charge on any atom is 0.328 e. The molecule has 0 fully saturated rings. The van der Waals surface area contributed by atoms with Crippen LogP contribution in [0.5, 0.6) is 0 Å². The van der Waals surface area contributed by atoms with Gasteiger partial charge in [0.25, 0.3) is 0 Å². The van der Waals surface area contributed by atoms with Crippen molar-refractivity contribution in [3.63, 3.8) is 0 Å². The van der Waals surface area contributed by atoms with Crippen molar-refractivity contribution in [2.24, 2.45) is 0 Å². The molecule has 0 radical (unpaired) electrons. The van der Waals surface area contributed by atoms with E-state index in [2.05, 4.69) is 10.1 Å². The quantitative estimate of drug-likeness (QED) is 0.382. The number of carboxylic acid groups (broad SMARTS) is 1. The number of aliphatic hydroxyl groups excluding tert-OH is 2. The molecule has 0 unspecified atom stereocenters. The Morgan fingerprint density at radius 1 is 1.33 bits per heavy atom. The minimum atomic E-state index is -1.20. The highest BCUT2D eigenvalue weighted by Gasteiger charge is 2.22. The SMILES string of the molecule is CC(=O)N[C@@H](CCC(=O)O)C(=O)OC[C@@H](O)CO. The van der Waals surface area contributed by atoms with Crippen LogP contribution in [0.1, 0.15) is 19.8 Å². The molecule has 0 saturated carbocycles. The van der Waals surface area contributed by atoms with E-state index in [1.165, 1.54) is 6.92 Å². The van der Waals surface area contributed by atoms with Crippen molar-refractivity contribution in [1.29, 1.82) is 0 Å². The number of esters is 1. The highest BCUT2D eigenvalue weighted by Crippen LogP contribution is 2.01. The lowest BCUT2D eigenvalue weighted by molar-refractivity contribution is -0.151. The van der Waals surface area contributed by atoms with Gasteiger partial charge in [0.1, 0.15) is 18.8 Å². The van der Waals surface area contributed by atoms with Crippen LogP contribution in [-0.4, -0.2) is 58.5 Å². The Hall–Kier alpha value is -1.67. The number of hydrogen-bond donors (Lipinski definition) is 4. The number of carboxylic acids is 1. The highest BCUT2D eigenvalue weighted by atomic mass is 16.5. The van der Waals surface area contributed by atoms with Crippen LogP contribution in [0, 0.1) is 0 Å². The van der Waals surface area contributed by atoms with E-state index in [9.17, 15) is 14.4 Å². The fourth-order valence-electron chi connectivity index (χ4n) is 1.09. The number of carbonyl (C=O) groups is 3. The number of aliphatic hydroxyl groups is 2. The molecule has 8 nitrogen and oxygen atoms in total. The van der Waals surface area contributed by atoms with Crippen molar-refractivity contribution in [3.8, 4) is 0 Å². The number of carbonyl (C=O) groups excluding carboxylic acids is 2. The summed E-state index contributed by atoms with van der Waals surface area (Å²) in [6.45, 7) is 0.204. The standard InChI is InChI=1S/C10H17NO7/c1-6(13)11-8(2-3-9(15)16)10(17)18-5-7(14)4-12/h7-8,12,14H,2-5H2,1H3,(H,11,13)(H,15,16)/t7-,8-/m0/s1.